The normalized spacial score (nSPS) is 11.6. The monoisotopic (exact) mass is 275 g/mol. The van der Waals surface area contributed by atoms with Crippen LogP contribution in [0.3, 0.4) is 0 Å². The molecular formula is C10H21N5O4. The maximum Gasteiger partial charge on any atom is 0.320 e. The number of amides is 4. The zero-order chi connectivity index (χ0) is 14.7. The van der Waals surface area contributed by atoms with Crippen molar-refractivity contribution in [3.05, 3.63) is 0 Å². The Kier molecular flexibility index (Phi) is 8.88. The molecule has 0 aliphatic carbocycles. The zero-order valence-electron chi connectivity index (χ0n) is 10.6. The Hall–Kier alpha value is -2.03. The van der Waals surface area contributed by atoms with Crippen LogP contribution in [0.15, 0.2) is 0 Å². The number of carbonyl (C=O) groups is 3. The molecule has 110 valence electrons. The SMILES string of the molecule is NC(=O)NCCCN[C@@H](CCCNC(N)=O)C(=O)O. The van der Waals surface area contributed by atoms with Crippen LogP contribution >= 0.6 is 0 Å². The fraction of sp³-hybridized carbons (Fsp3) is 0.700. The molecular weight excluding hydrogens is 254 g/mol. The summed E-state index contributed by atoms with van der Waals surface area (Å²) >= 11 is 0. The number of rotatable bonds is 10. The number of urea groups is 2. The molecule has 0 unspecified atom stereocenters. The van der Waals surface area contributed by atoms with Crippen molar-refractivity contribution >= 4 is 18.0 Å². The first-order valence-electron chi connectivity index (χ1n) is 5.96. The number of hydrogen-bond acceptors (Lipinski definition) is 4. The minimum Gasteiger partial charge on any atom is -0.480 e. The van der Waals surface area contributed by atoms with E-state index in [0.29, 0.717) is 38.9 Å². The maximum atomic E-state index is 10.9. The van der Waals surface area contributed by atoms with Gasteiger partial charge in [0.15, 0.2) is 0 Å². The summed E-state index contributed by atoms with van der Waals surface area (Å²) in [5, 5.41) is 16.6. The highest BCUT2D eigenvalue weighted by atomic mass is 16.4. The molecule has 0 rings (SSSR count). The molecule has 0 saturated carbocycles. The molecule has 0 saturated heterocycles. The highest BCUT2D eigenvalue weighted by molar-refractivity contribution is 5.73. The van der Waals surface area contributed by atoms with Gasteiger partial charge in [-0.15, -0.1) is 0 Å². The minimum atomic E-state index is -0.957. The van der Waals surface area contributed by atoms with Crippen LogP contribution in [0, 0.1) is 0 Å². The predicted molar refractivity (Wildman–Crippen MR) is 68.4 cm³/mol. The zero-order valence-corrected chi connectivity index (χ0v) is 10.6. The molecule has 0 heterocycles. The van der Waals surface area contributed by atoms with E-state index in [1.807, 2.05) is 0 Å². The summed E-state index contributed by atoms with van der Waals surface area (Å²) in [6.45, 7) is 1.17. The smallest absolute Gasteiger partial charge is 0.320 e. The Morgan fingerprint density at radius 1 is 0.947 bits per heavy atom. The van der Waals surface area contributed by atoms with Gasteiger partial charge in [-0.1, -0.05) is 0 Å². The third kappa shape index (κ3) is 10.8. The number of aliphatic carboxylic acids is 1. The molecule has 0 spiro atoms. The van der Waals surface area contributed by atoms with E-state index in [0.717, 1.165) is 0 Å². The summed E-state index contributed by atoms with van der Waals surface area (Å²) in [7, 11) is 0. The number of primary amides is 2. The molecule has 8 N–H and O–H groups in total. The summed E-state index contributed by atoms with van der Waals surface area (Å²) in [6.07, 6.45) is 1.46. The second kappa shape index (κ2) is 9.95. The van der Waals surface area contributed by atoms with Crippen LogP contribution in [-0.2, 0) is 4.79 Å². The first-order valence-corrected chi connectivity index (χ1v) is 5.96. The van der Waals surface area contributed by atoms with E-state index in [4.69, 9.17) is 16.6 Å². The standard InChI is InChI=1S/C10H21N5O4/c11-9(18)14-4-1-3-7(8(16)17)13-5-2-6-15-10(12)19/h7,13H,1-6H2,(H,16,17)(H3,11,14,18)(H3,12,15,19)/t7-/m0/s1. The van der Waals surface area contributed by atoms with Crippen molar-refractivity contribution < 1.29 is 19.5 Å². The van der Waals surface area contributed by atoms with E-state index < -0.39 is 24.1 Å². The minimum absolute atomic E-state index is 0.337. The average molecular weight is 275 g/mol. The molecule has 0 fully saturated rings. The summed E-state index contributed by atoms with van der Waals surface area (Å²) in [4.78, 5) is 31.7. The van der Waals surface area contributed by atoms with Crippen LogP contribution in [0.5, 0.6) is 0 Å². The molecule has 4 amide bonds. The number of carboxylic acids is 1. The maximum absolute atomic E-state index is 10.9. The van der Waals surface area contributed by atoms with Crippen LogP contribution in [0.1, 0.15) is 19.3 Å². The highest BCUT2D eigenvalue weighted by Crippen LogP contribution is 1.97. The van der Waals surface area contributed by atoms with Crippen LogP contribution < -0.4 is 27.4 Å². The third-order valence-electron chi connectivity index (χ3n) is 2.31. The summed E-state index contributed by atoms with van der Waals surface area (Å²) in [6, 6.07) is -1.92. The van der Waals surface area contributed by atoms with Gasteiger partial charge < -0.3 is 32.5 Å². The van der Waals surface area contributed by atoms with E-state index in [2.05, 4.69) is 16.0 Å². The number of hydrogen-bond donors (Lipinski definition) is 6. The van der Waals surface area contributed by atoms with Gasteiger partial charge in [-0.3, -0.25) is 4.79 Å². The molecule has 0 aliphatic rings. The predicted octanol–water partition coefficient (Wildman–Crippen LogP) is -1.46. The lowest BCUT2D eigenvalue weighted by molar-refractivity contribution is -0.139. The van der Waals surface area contributed by atoms with Gasteiger partial charge in [-0.25, -0.2) is 9.59 Å². The van der Waals surface area contributed by atoms with Crippen molar-refractivity contribution in [1.29, 1.82) is 0 Å². The van der Waals surface area contributed by atoms with Crippen molar-refractivity contribution in [2.24, 2.45) is 11.5 Å². The third-order valence-corrected chi connectivity index (χ3v) is 2.31. The molecule has 0 aromatic heterocycles. The lowest BCUT2D eigenvalue weighted by Gasteiger charge is -2.14. The Labute approximate surface area is 111 Å². The Bertz CT molecular complexity index is 310. The highest BCUT2D eigenvalue weighted by Gasteiger charge is 2.15. The van der Waals surface area contributed by atoms with Crippen molar-refractivity contribution in [2.45, 2.75) is 25.3 Å². The molecule has 0 aliphatic heterocycles. The van der Waals surface area contributed by atoms with Crippen LogP contribution in [0.4, 0.5) is 9.59 Å². The molecule has 19 heavy (non-hydrogen) atoms. The van der Waals surface area contributed by atoms with Crippen LogP contribution in [0.25, 0.3) is 0 Å². The Morgan fingerprint density at radius 3 is 1.95 bits per heavy atom. The van der Waals surface area contributed by atoms with E-state index in [-0.39, 0.29) is 0 Å². The van der Waals surface area contributed by atoms with E-state index >= 15 is 0 Å². The van der Waals surface area contributed by atoms with Gasteiger partial charge in [-0.05, 0) is 25.8 Å². The molecule has 9 heteroatoms. The van der Waals surface area contributed by atoms with Crippen LogP contribution in [-0.4, -0.2) is 48.8 Å². The molecule has 0 bridgehead atoms. The van der Waals surface area contributed by atoms with Crippen molar-refractivity contribution in [3.8, 4) is 0 Å². The van der Waals surface area contributed by atoms with Gasteiger partial charge in [0, 0.05) is 13.1 Å². The second-order valence-corrected chi connectivity index (χ2v) is 3.92. The largest absolute Gasteiger partial charge is 0.480 e. The lowest BCUT2D eigenvalue weighted by atomic mass is 10.1. The Balaban J connectivity index is 3.71. The van der Waals surface area contributed by atoms with E-state index in [9.17, 15) is 14.4 Å². The number of carboxylic acid groups (broad SMARTS) is 1. The van der Waals surface area contributed by atoms with Gasteiger partial charge >= 0.3 is 18.0 Å². The fourth-order valence-corrected chi connectivity index (χ4v) is 1.41. The quantitative estimate of drug-likeness (QED) is 0.268. The fourth-order valence-electron chi connectivity index (χ4n) is 1.41. The average Bonchev–Trinajstić information content (AvgIpc) is 2.30. The van der Waals surface area contributed by atoms with Gasteiger partial charge in [0.1, 0.15) is 6.04 Å². The lowest BCUT2D eigenvalue weighted by Crippen LogP contribution is -2.39. The first kappa shape index (κ1) is 17.0. The molecule has 0 aromatic rings. The van der Waals surface area contributed by atoms with Gasteiger partial charge in [0.05, 0.1) is 0 Å². The first-order chi connectivity index (χ1) is 8.93. The van der Waals surface area contributed by atoms with Crippen molar-refractivity contribution in [1.82, 2.24) is 16.0 Å². The second-order valence-electron chi connectivity index (χ2n) is 3.92. The van der Waals surface area contributed by atoms with E-state index in [1.165, 1.54) is 0 Å². The summed E-state index contributed by atoms with van der Waals surface area (Å²) in [5.41, 5.74) is 9.76. The molecule has 0 aromatic carbocycles. The van der Waals surface area contributed by atoms with Crippen molar-refractivity contribution in [2.75, 3.05) is 19.6 Å². The molecule has 9 nitrogen and oxygen atoms in total. The summed E-state index contributed by atoms with van der Waals surface area (Å²) < 4.78 is 0. The Morgan fingerprint density at radius 2 is 1.47 bits per heavy atom. The number of carbonyl (C=O) groups excluding carboxylic acids is 2. The number of nitrogens with two attached hydrogens (primary N) is 2. The number of nitrogens with one attached hydrogen (secondary N) is 3. The van der Waals surface area contributed by atoms with Gasteiger partial charge in [0.2, 0.25) is 0 Å². The molecule has 1 atom stereocenters. The summed E-state index contributed by atoms with van der Waals surface area (Å²) in [5.74, 6) is -0.957. The van der Waals surface area contributed by atoms with Crippen LogP contribution in [0.2, 0.25) is 0 Å². The van der Waals surface area contributed by atoms with E-state index in [1.54, 1.807) is 0 Å². The topological polar surface area (TPSA) is 160 Å². The van der Waals surface area contributed by atoms with Crippen molar-refractivity contribution in [3.63, 3.8) is 0 Å². The van der Waals surface area contributed by atoms with Gasteiger partial charge in [0.25, 0.3) is 0 Å². The molecule has 0 radical (unpaired) electrons. The van der Waals surface area contributed by atoms with Gasteiger partial charge in [-0.2, -0.15) is 0 Å².